The van der Waals surface area contributed by atoms with Gasteiger partial charge in [-0.2, -0.15) is 0 Å². The van der Waals surface area contributed by atoms with Gasteiger partial charge in [0.25, 0.3) is 11.8 Å². The lowest BCUT2D eigenvalue weighted by Crippen LogP contribution is -2.25. The van der Waals surface area contributed by atoms with Crippen LogP contribution in [0.4, 0.5) is 5.69 Å². The van der Waals surface area contributed by atoms with Gasteiger partial charge < -0.3 is 15.4 Å². The Labute approximate surface area is 177 Å². The van der Waals surface area contributed by atoms with Crippen LogP contribution in [0.1, 0.15) is 40.1 Å². The Kier molecular flexibility index (Phi) is 7.22. The second-order valence-electron chi connectivity index (χ2n) is 7.37. The van der Waals surface area contributed by atoms with E-state index >= 15 is 0 Å². The molecule has 0 saturated carbocycles. The van der Waals surface area contributed by atoms with E-state index in [1.165, 1.54) is 0 Å². The molecule has 2 N–H and O–H groups in total. The van der Waals surface area contributed by atoms with Gasteiger partial charge in [0.05, 0.1) is 23.4 Å². The van der Waals surface area contributed by atoms with Crippen LogP contribution in [0.3, 0.4) is 0 Å². The Balaban J connectivity index is 1.73. The van der Waals surface area contributed by atoms with Crippen LogP contribution in [0.25, 0.3) is 0 Å². The van der Waals surface area contributed by atoms with E-state index < -0.39 is 0 Å². The third-order valence-corrected chi connectivity index (χ3v) is 4.42. The number of hydrogen-bond donors (Lipinski definition) is 2. The number of amides is 2. The van der Waals surface area contributed by atoms with Crippen molar-refractivity contribution < 1.29 is 14.3 Å². The first-order valence-corrected chi connectivity index (χ1v) is 9.99. The van der Waals surface area contributed by atoms with Crippen LogP contribution >= 0.6 is 0 Å². The largest absolute Gasteiger partial charge is 0.492 e. The summed E-state index contributed by atoms with van der Waals surface area (Å²) >= 11 is 0. The van der Waals surface area contributed by atoms with E-state index in [-0.39, 0.29) is 11.8 Å². The SMILES string of the molecule is CC(C)COc1ccccc1C(=O)Nc1ccccc1C(=O)NCc1ccccc1. The van der Waals surface area contributed by atoms with Gasteiger partial charge in [-0.3, -0.25) is 9.59 Å². The molecule has 3 aromatic rings. The molecule has 0 spiro atoms. The molecule has 5 nitrogen and oxygen atoms in total. The molecule has 0 atom stereocenters. The molecule has 3 rings (SSSR count). The van der Waals surface area contributed by atoms with Gasteiger partial charge in [-0.15, -0.1) is 0 Å². The Morgan fingerprint density at radius 1 is 0.800 bits per heavy atom. The minimum absolute atomic E-state index is 0.251. The van der Waals surface area contributed by atoms with Crippen molar-refractivity contribution in [3.8, 4) is 5.75 Å². The molecular formula is C25H26N2O3. The molecule has 0 aromatic heterocycles. The number of nitrogens with one attached hydrogen (secondary N) is 2. The van der Waals surface area contributed by atoms with Crippen molar-refractivity contribution >= 4 is 17.5 Å². The second-order valence-corrected chi connectivity index (χ2v) is 7.37. The lowest BCUT2D eigenvalue weighted by atomic mass is 10.1. The van der Waals surface area contributed by atoms with Gasteiger partial charge in [0.1, 0.15) is 5.75 Å². The first kappa shape index (κ1) is 21.1. The fourth-order valence-corrected chi connectivity index (χ4v) is 2.89. The van der Waals surface area contributed by atoms with E-state index in [1.54, 1.807) is 42.5 Å². The average molecular weight is 402 g/mol. The molecule has 0 bridgehead atoms. The van der Waals surface area contributed by atoms with Crippen LogP contribution in [0, 0.1) is 5.92 Å². The predicted molar refractivity (Wildman–Crippen MR) is 119 cm³/mol. The Morgan fingerprint density at radius 2 is 1.43 bits per heavy atom. The van der Waals surface area contributed by atoms with E-state index in [9.17, 15) is 9.59 Å². The summed E-state index contributed by atoms with van der Waals surface area (Å²) in [5.41, 5.74) is 2.29. The molecule has 0 saturated heterocycles. The van der Waals surface area contributed by atoms with Gasteiger partial charge in [-0.1, -0.05) is 68.4 Å². The summed E-state index contributed by atoms with van der Waals surface area (Å²) in [5, 5.41) is 5.75. The summed E-state index contributed by atoms with van der Waals surface area (Å²) < 4.78 is 5.78. The molecule has 2 amide bonds. The average Bonchev–Trinajstić information content (AvgIpc) is 2.77. The third kappa shape index (κ3) is 5.70. The Morgan fingerprint density at radius 3 is 2.17 bits per heavy atom. The first-order chi connectivity index (χ1) is 14.5. The van der Waals surface area contributed by atoms with E-state index in [2.05, 4.69) is 10.6 Å². The fourth-order valence-electron chi connectivity index (χ4n) is 2.89. The number of carbonyl (C=O) groups is 2. The summed E-state index contributed by atoms with van der Waals surface area (Å²) in [6.45, 7) is 5.02. The number of hydrogen-bond acceptors (Lipinski definition) is 3. The van der Waals surface area contributed by atoms with Crippen molar-refractivity contribution in [3.05, 3.63) is 95.6 Å². The van der Waals surface area contributed by atoms with E-state index in [4.69, 9.17) is 4.74 Å². The molecule has 30 heavy (non-hydrogen) atoms. The highest BCUT2D eigenvalue weighted by atomic mass is 16.5. The smallest absolute Gasteiger partial charge is 0.259 e. The summed E-state index contributed by atoms with van der Waals surface area (Å²) in [6.07, 6.45) is 0. The number of rotatable bonds is 8. The van der Waals surface area contributed by atoms with Gasteiger partial charge in [0.15, 0.2) is 0 Å². The van der Waals surface area contributed by atoms with E-state index in [0.29, 0.717) is 41.6 Å². The van der Waals surface area contributed by atoms with Crippen molar-refractivity contribution in [1.29, 1.82) is 0 Å². The molecule has 5 heteroatoms. The molecule has 154 valence electrons. The minimum Gasteiger partial charge on any atom is -0.492 e. The maximum absolute atomic E-state index is 12.9. The van der Waals surface area contributed by atoms with Crippen LogP contribution in [0.5, 0.6) is 5.75 Å². The fraction of sp³-hybridized carbons (Fsp3) is 0.200. The Hall–Kier alpha value is -3.60. The van der Waals surface area contributed by atoms with Gasteiger partial charge in [-0.05, 0) is 35.7 Å². The van der Waals surface area contributed by atoms with Crippen molar-refractivity contribution in [2.24, 2.45) is 5.92 Å². The molecule has 0 aliphatic carbocycles. The van der Waals surface area contributed by atoms with Crippen molar-refractivity contribution in [2.45, 2.75) is 20.4 Å². The highest BCUT2D eigenvalue weighted by Crippen LogP contribution is 2.22. The number of ether oxygens (including phenoxy) is 1. The molecule has 0 heterocycles. The normalized spacial score (nSPS) is 10.5. The summed E-state index contributed by atoms with van der Waals surface area (Å²) in [4.78, 5) is 25.6. The van der Waals surface area contributed by atoms with E-state index in [0.717, 1.165) is 5.56 Å². The van der Waals surface area contributed by atoms with Crippen LogP contribution < -0.4 is 15.4 Å². The van der Waals surface area contributed by atoms with Crippen molar-refractivity contribution in [3.63, 3.8) is 0 Å². The first-order valence-electron chi connectivity index (χ1n) is 9.99. The Bertz CT molecular complexity index is 1000. The van der Waals surface area contributed by atoms with Gasteiger partial charge in [-0.25, -0.2) is 0 Å². The van der Waals surface area contributed by atoms with Gasteiger partial charge in [0, 0.05) is 6.54 Å². The predicted octanol–water partition coefficient (Wildman–Crippen LogP) is 4.90. The zero-order chi connectivity index (χ0) is 21.3. The number of para-hydroxylation sites is 2. The topological polar surface area (TPSA) is 67.4 Å². The maximum Gasteiger partial charge on any atom is 0.259 e. The monoisotopic (exact) mass is 402 g/mol. The van der Waals surface area contributed by atoms with Crippen LogP contribution in [-0.4, -0.2) is 18.4 Å². The molecular weight excluding hydrogens is 376 g/mol. The maximum atomic E-state index is 12.9. The number of anilines is 1. The zero-order valence-electron chi connectivity index (χ0n) is 17.2. The third-order valence-electron chi connectivity index (χ3n) is 4.42. The van der Waals surface area contributed by atoms with Crippen LogP contribution in [0.2, 0.25) is 0 Å². The van der Waals surface area contributed by atoms with Crippen LogP contribution in [0.15, 0.2) is 78.9 Å². The molecule has 0 aliphatic heterocycles. The second kappa shape index (κ2) is 10.3. The van der Waals surface area contributed by atoms with Gasteiger partial charge >= 0.3 is 0 Å². The summed E-state index contributed by atoms with van der Waals surface area (Å²) in [6, 6.07) is 23.7. The standard InChI is InChI=1S/C25H26N2O3/c1-18(2)17-30-23-15-9-7-13-21(23)25(29)27-22-14-8-6-12-20(22)24(28)26-16-19-10-4-3-5-11-19/h3-15,18H,16-17H2,1-2H3,(H,26,28)(H,27,29). The van der Waals surface area contributed by atoms with E-state index in [1.807, 2.05) is 50.2 Å². The molecule has 0 fully saturated rings. The lowest BCUT2D eigenvalue weighted by molar-refractivity contribution is 0.0952. The highest BCUT2D eigenvalue weighted by molar-refractivity contribution is 6.10. The van der Waals surface area contributed by atoms with Gasteiger partial charge in [0.2, 0.25) is 0 Å². The van der Waals surface area contributed by atoms with Crippen LogP contribution in [-0.2, 0) is 6.54 Å². The minimum atomic E-state index is -0.322. The molecule has 0 aliphatic rings. The van der Waals surface area contributed by atoms with Crippen molar-refractivity contribution in [1.82, 2.24) is 5.32 Å². The summed E-state index contributed by atoms with van der Waals surface area (Å²) in [7, 11) is 0. The molecule has 0 radical (unpaired) electrons. The van der Waals surface area contributed by atoms with Crippen molar-refractivity contribution in [2.75, 3.05) is 11.9 Å². The lowest BCUT2D eigenvalue weighted by Gasteiger charge is -2.15. The molecule has 3 aromatic carbocycles. The quantitative estimate of drug-likeness (QED) is 0.563. The zero-order valence-corrected chi connectivity index (χ0v) is 17.2. The number of benzene rings is 3. The molecule has 0 unspecified atom stereocenters. The number of carbonyl (C=O) groups excluding carboxylic acids is 2. The summed E-state index contributed by atoms with van der Waals surface area (Å²) in [5.74, 6) is 0.293. The highest BCUT2D eigenvalue weighted by Gasteiger charge is 2.17.